The van der Waals surface area contributed by atoms with Crippen LogP contribution < -0.4 is 10.1 Å². The summed E-state index contributed by atoms with van der Waals surface area (Å²) in [5.74, 6) is 0.533. The maximum absolute atomic E-state index is 11.6. The number of carbonyl (C=O) groups is 1. The van der Waals surface area contributed by atoms with E-state index in [9.17, 15) is 4.79 Å². The third-order valence-corrected chi connectivity index (χ3v) is 3.24. The predicted octanol–water partition coefficient (Wildman–Crippen LogP) is 3.41. The second-order valence-electron chi connectivity index (χ2n) is 4.86. The third kappa shape index (κ3) is 4.52. The highest BCUT2D eigenvalue weighted by atomic mass is 16.5. The van der Waals surface area contributed by atoms with Crippen LogP contribution in [0.25, 0.3) is 0 Å². The van der Waals surface area contributed by atoms with E-state index in [1.165, 1.54) is 5.56 Å². The van der Waals surface area contributed by atoms with Gasteiger partial charge in [0.1, 0.15) is 5.75 Å². The van der Waals surface area contributed by atoms with E-state index in [1.54, 1.807) is 14.0 Å². The molecule has 0 radical (unpaired) electrons. The third-order valence-electron chi connectivity index (χ3n) is 3.24. The summed E-state index contributed by atoms with van der Waals surface area (Å²) < 4.78 is 10.3. The molecule has 0 spiro atoms. The number of hydrogen-bond acceptors (Lipinski definition) is 4. The zero-order valence-corrected chi connectivity index (χ0v) is 13.0. The van der Waals surface area contributed by atoms with Gasteiger partial charge in [0.25, 0.3) is 0 Å². The number of ether oxygens (including phenoxy) is 2. The summed E-state index contributed by atoms with van der Waals surface area (Å²) in [5, 5.41) is 3.35. The van der Waals surface area contributed by atoms with Gasteiger partial charge in [0, 0.05) is 6.54 Å². The Morgan fingerprint density at radius 1 is 1.09 bits per heavy atom. The molecule has 2 rings (SSSR count). The summed E-state index contributed by atoms with van der Waals surface area (Å²) in [4.78, 5) is 11.6. The number of nitrogens with one attached hydrogen (secondary N) is 1. The minimum atomic E-state index is -0.221. The van der Waals surface area contributed by atoms with E-state index in [-0.39, 0.29) is 12.4 Å². The summed E-state index contributed by atoms with van der Waals surface area (Å²) >= 11 is 0. The highest BCUT2D eigenvalue weighted by Gasteiger charge is 2.08. The molecule has 0 aliphatic rings. The molecule has 0 amide bonds. The average Bonchev–Trinajstić information content (AvgIpc) is 2.54. The summed E-state index contributed by atoms with van der Waals surface area (Å²) in [7, 11) is 1.63. The number of anilines is 1. The van der Waals surface area contributed by atoms with Crippen molar-refractivity contribution in [3.8, 4) is 5.75 Å². The molecular weight excluding hydrogens is 278 g/mol. The van der Waals surface area contributed by atoms with Crippen molar-refractivity contribution in [2.24, 2.45) is 0 Å². The van der Waals surface area contributed by atoms with Crippen LogP contribution in [0.5, 0.6) is 5.75 Å². The van der Waals surface area contributed by atoms with Gasteiger partial charge in [-0.25, -0.2) is 0 Å². The molecule has 1 N–H and O–H groups in total. The van der Waals surface area contributed by atoms with Gasteiger partial charge in [-0.05, 0) is 30.2 Å². The number of rotatable bonds is 7. The molecule has 0 heterocycles. The molecule has 2 aromatic carbocycles. The molecule has 116 valence electrons. The number of methoxy groups -OCH3 is 1. The van der Waals surface area contributed by atoms with Crippen LogP contribution in [-0.2, 0) is 22.5 Å². The fourth-order valence-corrected chi connectivity index (χ4v) is 2.18. The molecule has 22 heavy (non-hydrogen) atoms. The van der Waals surface area contributed by atoms with Crippen LogP contribution >= 0.6 is 0 Å². The lowest BCUT2D eigenvalue weighted by molar-refractivity contribution is -0.142. The number of esters is 1. The Hall–Kier alpha value is -2.49. The lowest BCUT2D eigenvalue weighted by atomic mass is 10.1. The average molecular weight is 299 g/mol. The van der Waals surface area contributed by atoms with Gasteiger partial charge in [-0.2, -0.15) is 0 Å². The minimum Gasteiger partial charge on any atom is -0.495 e. The van der Waals surface area contributed by atoms with Crippen molar-refractivity contribution in [3.05, 3.63) is 59.7 Å². The Labute approximate surface area is 131 Å². The largest absolute Gasteiger partial charge is 0.495 e. The van der Waals surface area contributed by atoms with Gasteiger partial charge in [-0.15, -0.1) is 0 Å². The predicted molar refractivity (Wildman–Crippen MR) is 87.1 cm³/mol. The highest BCUT2D eigenvalue weighted by Crippen LogP contribution is 2.26. The van der Waals surface area contributed by atoms with Crippen molar-refractivity contribution in [1.29, 1.82) is 0 Å². The Morgan fingerprint density at radius 3 is 2.55 bits per heavy atom. The van der Waals surface area contributed by atoms with Gasteiger partial charge in [0.15, 0.2) is 0 Å². The normalized spacial score (nSPS) is 10.1. The van der Waals surface area contributed by atoms with Crippen molar-refractivity contribution in [3.63, 3.8) is 0 Å². The second kappa shape index (κ2) is 8.08. The van der Waals surface area contributed by atoms with E-state index < -0.39 is 0 Å². The summed E-state index contributed by atoms with van der Waals surface area (Å²) in [6.07, 6.45) is 0.262. The van der Waals surface area contributed by atoms with E-state index in [0.717, 1.165) is 17.0 Å². The van der Waals surface area contributed by atoms with Gasteiger partial charge < -0.3 is 14.8 Å². The van der Waals surface area contributed by atoms with E-state index in [4.69, 9.17) is 9.47 Å². The maximum Gasteiger partial charge on any atom is 0.310 e. The van der Waals surface area contributed by atoms with E-state index in [2.05, 4.69) is 17.4 Å². The van der Waals surface area contributed by atoms with Gasteiger partial charge in [0.2, 0.25) is 0 Å². The monoisotopic (exact) mass is 299 g/mol. The molecular formula is C18H21NO3. The van der Waals surface area contributed by atoms with Crippen molar-refractivity contribution in [2.75, 3.05) is 19.0 Å². The molecule has 4 heteroatoms. The van der Waals surface area contributed by atoms with Crippen molar-refractivity contribution in [2.45, 2.75) is 19.9 Å². The Morgan fingerprint density at radius 2 is 1.86 bits per heavy atom. The lowest BCUT2D eigenvalue weighted by Gasteiger charge is -2.13. The molecule has 0 saturated heterocycles. The van der Waals surface area contributed by atoms with E-state index in [1.807, 2.05) is 36.4 Å². The number of carbonyl (C=O) groups excluding carboxylic acids is 1. The van der Waals surface area contributed by atoms with E-state index in [0.29, 0.717) is 13.2 Å². The molecule has 0 unspecified atom stereocenters. The highest BCUT2D eigenvalue weighted by molar-refractivity contribution is 5.73. The lowest BCUT2D eigenvalue weighted by Crippen LogP contribution is -2.08. The smallest absolute Gasteiger partial charge is 0.310 e. The van der Waals surface area contributed by atoms with Crippen molar-refractivity contribution < 1.29 is 14.3 Å². The first kappa shape index (κ1) is 15.9. The molecule has 0 aromatic heterocycles. The fourth-order valence-electron chi connectivity index (χ4n) is 2.18. The minimum absolute atomic E-state index is 0.221. The Bertz CT molecular complexity index is 611. The van der Waals surface area contributed by atoms with Gasteiger partial charge in [-0.3, -0.25) is 4.79 Å². The summed E-state index contributed by atoms with van der Waals surface area (Å²) in [6, 6.07) is 15.8. The molecule has 4 nitrogen and oxygen atoms in total. The first-order valence-corrected chi connectivity index (χ1v) is 7.33. The molecule has 0 aliphatic heterocycles. The quantitative estimate of drug-likeness (QED) is 0.796. The maximum atomic E-state index is 11.6. The first-order chi connectivity index (χ1) is 10.7. The Kier molecular flexibility index (Phi) is 5.83. The van der Waals surface area contributed by atoms with Crippen LogP contribution in [0.3, 0.4) is 0 Å². The number of hydrogen-bond donors (Lipinski definition) is 1. The number of benzene rings is 2. The molecule has 0 bridgehead atoms. The Balaban J connectivity index is 2.09. The van der Waals surface area contributed by atoms with Gasteiger partial charge in [0.05, 0.1) is 25.8 Å². The van der Waals surface area contributed by atoms with Crippen LogP contribution in [0, 0.1) is 0 Å². The van der Waals surface area contributed by atoms with Gasteiger partial charge in [-0.1, -0.05) is 36.4 Å². The van der Waals surface area contributed by atoms with Crippen LogP contribution in [0.2, 0.25) is 0 Å². The standard InChI is InChI=1S/C18H21NO3/c1-3-22-18(20)12-15-9-10-17(21-2)16(11-15)19-13-14-7-5-4-6-8-14/h4-11,19H,3,12-13H2,1-2H3. The zero-order chi connectivity index (χ0) is 15.8. The van der Waals surface area contributed by atoms with Crippen LogP contribution in [0.15, 0.2) is 48.5 Å². The van der Waals surface area contributed by atoms with Crippen LogP contribution in [0.4, 0.5) is 5.69 Å². The van der Waals surface area contributed by atoms with Crippen molar-refractivity contribution >= 4 is 11.7 Å². The zero-order valence-electron chi connectivity index (χ0n) is 13.0. The molecule has 0 aliphatic carbocycles. The van der Waals surface area contributed by atoms with Gasteiger partial charge >= 0.3 is 5.97 Å². The second-order valence-corrected chi connectivity index (χ2v) is 4.86. The topological polar surface area (TPSA) is 47.6 Å². The molecule has 0 fully saturated rings. The SMILES string of the molecule is CCOC(=O)Cc1ccc(OC)c(NCc2ccccc2)c1. The summed E-state index contributed by atoms with van der Waals surface area (Å²) in [6.45, 7) is 2.90. The van der Waals surface area contributed by atoms with Crippen molar-refractivity contribution in [1.82, 2.24) is 0 Å². The van der Waals surface area contributed by atoms with Crippen LogP contribution in [0.1, 0.15) is 18.1 Å². The molecule has 2 aromatic rings. The first-order valence-electron chi connectivity index (χ1n) is 7.33. The molecule has 0 saturated carbocycles. The fraction of sp³-hybridized carbons (Fsp3) is 0.278. The summed E-state index contributed by atoms with van der Waals surface area (Å²) in [5.41, 5.74) is 2.95. The van der Waals surface area contributed by atoms with Crippen LogP contribution in [-0.4, -0.2) is 19.7 Å². The molecule has 0 atom stereocenters. The van der Waals surface area contributed by atoms with E-state index >= 15 is 0 Å².